The lowest BCUT2D eigenvalue weighted by Gasteiger charge is -2.52. The van der Waals surface area contributed by atoms with E-state index in [1.54, 1.807) is 24.3 Å². The summed E-state index contributed by atoms with van der Waals surface area (Å²) in [5.74, 6) is -0.340. The summed E-state index contributed by atoms with van der Waals surface area (Å²) in [4.78, 5) is 13.7. The second-order valence-electron chi connectivity index (χ2n) is 17.2. The first-order valence-electron chi connectivity index (χ1n) is 20.8. The van der Waals surface area contributed by atoms with Gasteiger partial charge in [0.2, 0.25) is 5.75 Å². The van der Waals surface area contributed by atoms with Gasteiger partial charge in [0.1, 0.15) is 18.6 Å². The van der Waals surface area contributed by atoms with Gasteiger partial charge in [-0.1, -0.05) is 80.7 Å². The van der Waals surface area contributed by atoms with Gasteiger partial charge in [0.25, 0.3) is 0 Å². The molecule has 1 saturated heterocycles. The summed E-state index contributed by atoms with van der Waals surface area (Å²) >= 11 is 0. The van der Waals surface area contributed by atoms with Crippen molar-refractivity contribution in [2.24, 2.45) is 23.0 Å². The third-order valence-electron chi connectivity index (χ3n) is 14.2. The van der Waals surface area contributed by atoms with Crippen LogP contribution in [0.4, 0.5) is 0 Å². The average Bonchev–Trinajstić information content (AvgIpc) is 3.50. The fourth-order valence-electron chi connectivity index (χ4n) is 11.6. The number of phenols is 3. The van der Waals surface area contributed by atoms with Crippen molar-refractivity contribution in [2.45, 2.75) is 119 Å². The summed E-state index contributed by atoms with van der Waals surface area (Å²) in [5, 5.41) is 49.2. The van der Waals surface area contributed by atoms with E-state index in [0.29, 0.717) is 12.2 Å². The van der Waals surface area contributed by atoms with Gasteiger partial charge in [-0.2, -0.15) is 0 Å². The van der Waals surface area contributed by atoms with E-state index in [1.807, 2.05) is 0 Å². The molecule has 7 N–H and O–H groups in total. The van der Waals surface area contributed by atoms with Crippen molar-refractivity contribution in [3.05, 3.63) is 89.0 Å². The molecule has 6 atom stereocenters. The molecular weight excluding hydrogens is 693 g/mol. The van der Waals surface area contributed by atoms with Crippen molar-refractivity contribution < 1.29 is 34.7 Å². The van der Waals surface area contributed by atoms with E-state index in [-0.39, 0.29) is 83.0 Å². The molecule has 1 heterocycles. The number of ether oxygens (including phenoxy) is 2. The van der Waals surface area contributed by atoms with Gasteiger partial charge >= 0.3 is 0 Å². The molecule has 1 spiro atoms. The maximum absolute atomic E-state index is 13.7. The quantitative estimate of drug-likeness (QED) is 0.0623. The van der Waals surface area contributed by atoms with Crippen LogP contribution in [0.2, 0.25) is 0 Å². The summed E-state index contributed by atoms with van der Waals surface area (Å²) < 4.78 is 12.4. The van der Waals surface area contributed by atoms with Gasteiger partial charge in [-0.05, 0) is 104 Å². The number of nitrogens with two attached hydrogens (primary N) is 1. The molecule has 2 bridgehead atoms. The Morgan fingerprint density at radius 1 is 0.927 bits per heavy atom. The number of benzene rings is 3. The largest absolute Gasteiger partial charge is 0.504 e. The zero-order chi connectivity index (χ0) is 38.2. The number of piperidine rings is 1. The number of Topliss-reactive ketones (excluding diaryl/α,β-unsaturated/α-hetero) is 1. The minimum atomic E-state index is -0.959. The van der Waals surface area contributed by atoms with Crippen molar-refractivity contribution in [2.75, 3.05) is 19.8 Å². The van der Waals surface area contributed by atoms with E-state index < -0.39 is 12.0 Å². The molecule has 0 aromatic heterocycles. The molecule has 3 aromatic rings. The van der Waals surface area contributed by atoms with Crippen LogP contribution in [0.3, 0.4) is 0 Å². The Hall–Kier alpha value is -4.05. The Balaban J connectivity index is 1.16. The number of aliphatic hydroxyl groups excluding tert-OH is 1. The predicted molar refractivity (Wildman–Crippen MR) is 212 cm³/mol. The van der Waals surface area contributed by atoms with Crippen molar-refractivity contribution in [3.63, 3.8) is 0 Å². The molecule has 2 saturated carbocycles. The number of carbonyl (C=O) groups is 1. The molecular formula is C46H58N2O7. The number of aryl methyl sites for hydroxylation is 1. The molecule has 3 fully saturated rings. The van der Waals surface area contributed by atoms with E-state index in [4.69, 9.17) is 15.2 Å². The minimum Gasteiger partial charge on any atom is -0.504 e. The normalized spacial score (nSPS) is 27.0. The lowest BCUT2D eigenvalue weighted by Crippen LogP contribution is -2.51. The van der Waals surface area contributed by atoms with Crippen LogP contribution >= 0.6 is 0 Å². The van der Waals surface area contributed by atoms with Crippen LogP contribution < -0.4 is 20.5 Å². The average molecular weight is 751 g/mol. The van der Waals surface area contributed by atoms with E-state index in [1.165, 1.54) is 24.8 Å². The van der Waals surface area contributed by atoms with Crippen LogP contribution in [-0.2, 0) is 16.6 Å². The van der Waals surface area contributed by atoms with Gasteiger partial charge in [-0.3, -0.25) is 10.5 Å². The van der Waals surface area contributed by atoms with Crippen molar-refractivity contribution in [1.82, 2.24) is 5.32 Å². The van der Waals surface area contributed by atoms with E-state index >= 15 is 0 Å². The number of aromatic hydroxyl groups is 3. The number of hydrogen-bond acceptors (Lipinski definition) is 9. The molecule has 3 aromatic carbocycles. The maximum atomic E-state index is 13.7. The smallest absolute Gasteiger partial charge is 0.200 e. The number of fused-ring (bicyclic) bond motifs is 2. The highest BCUT2D eigenvalue weighted by atomic mass is 16.5. The topological polar surface area (TPSA) is 154 Å². The fourth-order valence-corrected chi connectivity index (χ4v) is 11.6. The molecule has 55 heavy (non-hydrogen) atoms. The first kappa shape index (κ1) is 37.9. The van der Waals surface area contributed by atoms with Crippen LogP contribution in [0.5, 0.6) is 28.7 Å². The van der Waals surface area contributed by atoms with Crippen LogP contribution in [0.25, 0.3) is 0 Å². The summed E-state index contributed by atoms with van der Waals surface area (Å²) in [7, 11) is 0. The number of nitrogens with one attached hydrogen (secondary N) is 1. The molecule has 9 rings (SSSR count). The SMILES string of the molecule is NCOc1cc(CCC(=O)C[C@H](O)[C@@H]2C=C[C@H]3C[C@H](C4(c5ccccc5)CCCCC4)[C@@H]2c2cc(O)c(O)c(O[C@@H]4CCNCC45CCCC5)c23)ccc1O. The fraction of sp³-hybridized carbons (Fsp3) is 0.543. The monoisotopic (exact) mass is 750 g/mol. The molecule has 9 heteroatoms. The van der Waals surface area contributed by atoms with Gasteiger partial charge in [-0.15, -0.1) is 0 Å². The zero-order valence-electron chi connectivity index (χ0n) is 31.9. The van der Waals surface area contributed by atoms with Crippen LogP contribution in [-0.4, -0.2) is 58.2 Å². The summed E-state index contributed by atoms with van der Waals surface area (Å²) in [6.07, 6.45) is 15.6. The second-order valence-corrected chi connectivity index (χ2v) is 17.2. The second kappa shape index (κ2) is 15.8. The standard InChI is InChI=1S/C46H58N2O7/c47-28-54-39-23-29(12-16-36(39)50)11-14-32(49)25-37(51)33-15-13-30-24-35(46(20-5-2-6-21-46)31-9-3-1-4-10-31)42(33)34-26-38(52)43(53)44(41(30)34)55-40-17-22-48-27-45(40)18-7-8-19-45/h1,3-4,9-10,12-13,15-16,23,26,30,33,35,37,40,42,48,50-53H,2,5-8,11,14,17-22,24-25,27-28,47H2/t30-,33-,35-,37-,40+,42-/m0/s1. The Kier molecular flexibility index (Phi) is 10.9. The highest BCUT2D eigenvalue weighted by molar-refractivity contribution is 5.79. The van der Waals surface area contributed by atoms with E-state index in [2.05, 4.69) is 47.8 Å². The Morgan fingerprint density at radius 3 is 2.45 bits per heavy atom. The summed E-state index contributed by atoms with van der Waals surface area (Å²) in [6, 6.07) is 17.6. The van der Waals surface area contributed by atoms with Gasteiger partial charge in [0, 0.05) is 42.2 Å². The Labute approximate surface area is 325 Å². The third-order valence-corrected chi connectivity index (χ3v) is 14.2. The number of phenolic OH excluding ortho intramolecular Hbond substituents is 3. The van der Waals surface area contributed by atoms with Gasteiger partial charge in [0.15, 0.2) is 23.0 Å². The first-order valence-corrected chi connectivity index (χ1v) is 20.8. The van der Waals surface area contributed by atoms with Crippen LogP contribution in [0.1, 0.15) is 118 Å². The predicted octanol–water partition coefficient (Wildman–Crippen LogP) is 7.63. The number of carbonyl (C=O) groups excluding carboxylic acids is 1. The number of allylic oxidation sites excluding steroid dienone is 1. The highest BCUT2D eigenvalue weighted by Crippen LogP contribution is 2.64. The lowest BCUT2D eigenvalue weighted by molar-refractivity contribution is -0.121. The first-order chi connectivity index (χ1) is 26.7. The lowest BCUT2D eigenvalue weighted by atomic mass is 9.52. The number of rotatable bonds is 12. The molecule has 0 unspecified atom stereocenters. The number of aliphatic hydroxyl groups is 1. The molecule has 9 nitrogen and oxygen atoms in total. The molecule has 5 aliphatic carbocycles. The van der Waals surface area contributed by atoms with Crippen molar-refractivity contribution in [1.29, 1.82) is 0 Å². The highest BCUT2D eigenvalue weighted by Gasteiger charge is 2.54. The number of ketones is 1. The summed E-state index contributed by atoms with van der Waals surface area (Å²) in [6.45, 7) is 1.67. The van der Waals surface area contributed by atoms with Crippen molar-refractivity contribution >= 4 is 5.78 Å². The maximum Gasteiger partial charge on any atom is 0.200 e. The van der Waals surface area contributed by atoms with Crippen LogP contribution in [0.15, 0.2) is 66.7 Å². The Morgan fingerprint density at radius 2 is 1.69 bits per heavy atom. The zero-order valence-corrected chi connectivity index (χ0v) is 31.9. The van der Waals surface area contributed by atoms with Gasteiger partial charge in [0.05, 0.1) is 6.10 Å². The molecule has 294 valence electrons. The molecule has 0 amide bonds. The number of hydrogen-bond donors (Lipinski definition) is 6. The summed E-state index contributed by atoms with van der Waals surface area (Å²) in [5.41, 5.74) is 9.41. The van der Waals surface area contributed by atoms with Crippen LogP contribution in [0, 0.1) is 17.3 Å². The molecule has 1 aliphatic heterocycles. The van der Waals surface area contributed by atoms with E-state index in [9.17, 15) is 25.2 Å². The van der Waals surface area contributed by atoms with E-state index in [0.717, 1.165) is 81.1 Å². The third kappa shape index (κ3) is 7.13. The Bertz CT molecular complexity index is 1870. The molecule has 6 aliphatic rings. The van der Waals surface area contributed by atoms with Crippen molar-refractivity contribution in [3.8, 4) is 28.7 Å². The molecule has 0 radical (unpaired) electrons. The van der Waals surface area contributed by atoms with Gasteiger partial charge < -0.3 is 35.2 Å². The minimum absolute atomic E-state index is 0.00283. The van der Waals surface area contributed by atoms with Gasteiger partial charge in [-0.25, -0.2) is 0 Å².